The Bertz CT molecular complexity index is 771. The summed E-state index contributed by atoms with van der Waals surface area (Å²) in [7, 11) is 0. The van der Waals surface area contributed by atoms with Crippen molar-refractivity contribution in [3.63, 3.8) is 0 Å². The third-order valence-electron chi connectivity index (χ3n) is 4.15. The number of fused-ring (bicyclic) bond motifs is 1. The van der Waals surface area contributed by atoms with Crippen LogP contribution in [0.15, 0.2) is 42.5 Å². The topological polar surface area (TPSA) is 81.4 Å². The van der Waals surface area contributed by atoms with E-state index in [0.717, 1.165) is 24.9 Å². The largest absolute Gasteiger partial charge is 0.483 e. The molecule has 5 nitrogen and oxygen atoms in total. The fraction of sp³-hybridized carbons (Fsp3) is 0.263. The highest BCUT2D eigenvalue weighted by molar-refractivity contribution is 6.06. The predicted octanol–water partition coefficient (Wildman–Crippen LogP) is 2.68. The van der Waals surface area contributed by atoms with E-state index in [1.807, 2.05) is 12.1 Å². The van der Waals surface area contributed by atoms with Crippen LogP contribution < -0.4 is 15.8 Å². The zero-order chi connectivity index (χ0) is 16.9. The number of anilines is 1. The Morgan fingerprint density at radius 1 is 1.04 bits per heavy atom. The van der Waals surface area contributed by atoms with Crippen molar-refractivity contribution >= 4 is 17.5 Å². The number of aryl methyl sites for hydroxylation is 1. The summed E-state index contributed by atoms with van der Waals surface area (Å²) in [5, 5.41) is 2.98. The first kappa shape index (κ1) is 16.1. The second-order valence-electron chi connectivity index (χ2n) is 5.86. The molecular formula is C19H20N2O3. The lowest BCUT2D eigenvalue weighted by Crippen LogP contribution is -2.22. The number of hydrogen-bond acceptors (Lipinski definition) is 3. The minimum atomic E-state index is -0.581. The van der Waals surface area contributed by atoms with E-state index in [-0.39, 0.29) is 12.5 Å². The quantitative estimate of drug-likeness (QED) is 0.887. The summed E-state index contributed by atoms with van der Waals surface area (Å²) >= 11 is 0. The molecule has 0 radical (unpaired) electrons. The molecule has 0 aromatic heterocycles. The number of rotatable bonds is 5. The molecule has 0 unspecified atom stereocenters. The lowest BCUT2D eigenvalue weighted by atomic mass is 9.90. The monoisotopic (exact) mass is 324 g/mol. The van der Waals surface area contributed by atoms with E-state index in [0.29, 0.717) is 11.3 Å². The standard InChI is InChI=1S/C19H20N2O3/c20-18(22)12-24-17-11-4-3-9-15(17)19(23)21-16-10-5-7-13-6-1-2-8-14(13)16/h3-5,7,9-11H,1-2,6,8,12H2,(H2,20,22)(H,21,23). The van der Waals surface area contributed by atoms with Crippen LogP contribution in [0.25, 0.3) is 0 Å². The van der Waals surface area contributed by atoms with Gasteiger partial charge in [-0.15, -0.1) is 0 Å². The molecular weight excluding hydrogens is 304 g/mol. The Morgan fingerprint density at radius 2 is 1.83 bits per heavy atom. The maximum atomic E-state index is 12.7. The van der Waals surface area contributed by atoms with Crippen LogP contribution in [0.5, 0.6) is 5.75 Å². The third-order valence-corrected chi connectivity index (χ3v) is 4.15. The van der Waals surface area contributed by atoms with Gasteiger partial charge in [-0.1, -0.05) is 24.3 Å². The molecule has 0 aliphatic heterocycles. The van der Waals surface area contributed by atoms with Crippen LogP contribution in [-0.2, 0) is 17.6 Å². The van der Waals surface area contributed by atoms with Gasteiger partial charge in [-0.2, -0.15) is 0 Å². The van der Waals surface area contributed by atoms with Crippen molar-refractivity contribution in [2.24, 2.45) is 5.73 Å². The molecule has 124 valence electrons. The van der Waals surface area contributed by atoms with E-state index in [1.165, 1.54) is 17.5 Å². The number of nitrogens with one attached hydrogen (secondary N) is 1. The smallest absolute Gasteiger partial charge is 0.259 e. The lowest BCUT2D eigenvalue weighted by Gasteiger charge is -2.20. The Morgan fingerprint density at radius 3 is 2.67 bits per heavy atom. The van der Waals surface area contributed by atoms with Crippen LogP contribution in [0.1, 0.15) is 34.3 Å². The summed E-state index contributed by atoms with van der Waals surface area (Å²) in [4.78, 5) is 23.6. The first-order chi connectivity index (χ1) is 11.6. The molecule has 2 aromatic rings. The molecule has 3 N–H and O–H groups in total. The van der Waals surface area contributed by atoms with Gasteiger partial charge in [0.25, 0.3) is 11.8 Å². The molecule has 0 fully saturated rings. The number of carbonyl (C=O) groups is 2. The molecule has 0 saturated carbocycles. The summed E-state index contributed by atoms with van der Waals surface area (Å²) in [6.45, 7) is -0.259. The SMILES string of the molecule is NC(=O)COc1ccccc1C(=O)Nc1cccc2c1CCCC2. The van der Waals surface area contributed by atoms with Crippen molar-refractivity contribution in [2.75, 3.05) is 11.9 Å². The summed E-state index contributed by atoms with van der Waals surface area (Å²) < 4.78 is 5.33. The van der Waals surface area contributed by atoms with Crippen molar-refractivity contribution in [2.45, 2.75) is 25.7 Å². The van der Waals surface area contributed by atoms with Gasteiger partial charge in [0, 0.05) is 5.69 Å². The molecule has 0 bridgehead atoms. The molecule has 1 aliphatic carbocycles. The van der Waals surface area contributed by atoms with Crippen LogP contribution in [0.2, 0.25) is 0 Å². The van der Waals surface area contributed by atoms with Gasteiger partial charge < -0.3 is 15.8 Å². The minimum Gasteiger partial charge on any atom is -0.483 e. The summed E-state index contributed by atoms with van der Waals surface area (Å²) in [6.07, 6.45) is 4.36. The van der Waals surface area contributed by atoms with Gasteiger partial charge in [-0.3, -0.25) is 9.59 Å². The first-order valence-corrected chi connectivity index (χ1v) is 8.07. The lowest BCUT2D eigenvalue weighted by molar-refractivity contribution is -0.119. The summed E-state index contributed by atoms with van der Waals surface area (Å²) in [5.41, 5.74) is 8.85. The second kappa shape index (κ2) is 7.17. The molecule has 2 aromatic carbocycles. The number of benzene rings is 2. The van der Waals surface area contributed by atoms with Crippen LogP contribution in [0.4, 0.5) is 5.69 Å². The Labute approximate surface area is 140 Å². The van der Waals surface area contributed by atoms with Gasteiger partial charge >= 0.3 is 0 Å². The van der Waals surface area contributed by atoms with Gasteiger partial charge in [-0.05, 0) is 55.0 Å². The van der Waals surface area contributed by atoms with Crippen molar-refractivity contribution in [3.8, 4) is 5.75 Å². The molecule has 0 spiro atoms. The number of hydrogen-bond donors (Lipinski definition) is 2. The third kappa shape index (κ3) is 3.56. The number of amides is 2. The van der Waals surface area contributed by atoms with Gasteiger partial charge in [0.15, 0.2) is 6.61 Å². The Kier molecular flexibility index (Phi) is 4.79. The predicted molar refractivity (Wildman–Crippen MR) is 92.2 cm³/mol. The average molecular weight is 324 g/mol. The van der Waals surface area contributed by atoms with Crippen LogP contribution in [0.3, 0.4) is 0 Å². The number of nitrogens with two attached hydrogens (primary N) is 1. The maximum absolute atomic E-state index is 12.7. The molecule has 1 aliphatic rings. The molecule has 0 saturated heterocycles. The van der Waals surface area contributed by atoms with Crippen molar-refractivity contribution in [3.05, 3.63) is 59.2 Å². The van der Waals surface area contributed by atoms with Crippen LogP contribution in [-0.4, -0.2) is 18.4 Å². The number of para-hydroxylation sites is 1. The van der Waals surface area contributed by atoms with Gasteiger partial charge in [0.05, 0.1) is 5.56 Å². The van der Waals surface area contributed by atoms with Crippen molar-refractivity contribution < 1.29 is 14.3 Å². The highest BCUT2D eigenvalue weighted by Gasteiger charge is 2.17. The van der Waals surface area contributed by atoms with Crippen molar-refractivity contribution in [1.82, 2.24) is 0 Å². The van der Waals surface area contributed by atoms with E-state index < -0.39 is 5.91 Å². The Balaban J connectivity index is 1.82. The number of ether oxygens (including phenoxy) is 1. The first-order valence-electron chi connectivity index (χ1n) is 8.07. The molecule has 5 heteroatoms. The summed E-state index contributed by atoms with van der Waals surface area (Å²) in [5.74, 6) is -0.491. The van der Waals surface area contributed by atoms with E-state index >= 15 is 0 Å². The molecule has 0 atom stereocenters. The fourth-order valence-electron chi connectivity index (χ4n) is 3.02. The van der Waals surface area contributed by atoms with Gasteiger partial charge in [0.1, 0.15) is 5.75 Å². The average Bonchev–Trinajstić information content (AvgIpc) is 2.60. The minimum absolute atomic E-state index is 0.256. The normalized spacial score (nSPS) is 13.0. The van der Waals surface area contributed by atoms with Gasteiger partial charge in [0.2, 0.25) is 0 Å². The van der Waals surface area contributed by atoms with Crippen LogP contribution in [0, 0.1) is 0 Å². The zero-order valence-electron chi connectivity index (χ0n) is 13.4. The van der Waals surface area contributed by atoms with E-state index in [1.54, 1.807) is 24.3 Å². The molecule has 3 rings (SSSR count). The van der Waals surface area contributed by atoms with E-state index in [2.05, 4.69) is 11.4 Å². The highest BCUT2D eigenvalue weighted by atomic mass is 16.5. The van der Waals surface area contributed by atoms with Crippen molar-refractivity contribution in [1.29, 1.82) is 0 Å². The van der Waals surface area contributed by atoms with Crippen LogP contribution >= 0.6 is 0 Å². The summed E-state index contributed by atoms with van der Waals surface area (Å²) in [6, 6.07) is 12.8. The fourth-order valence-corrected chi connectivity index (χ4v) is 3.02. The zero-order valence-corrected chi connectivity index (χ0v) is 13.4. The molecule has 24 heavy (non-hydrogen) atoms. The molecule has 2 amide bonds. The molecule has 0 heterocycles. The van der Waals surface area contributed by atoms with Gasteiger partial charge in [-0.25, -0.2) is 0 Å². The second-order valence-corrected chi connectivity index (χ2v) is 5.86. The number of primary amides is 1. The van der Waals surface area contributed by atoms with E-state index in [4.69, 9.17) is 10.5 Å². The maximum Gasteiger partial charge on any atom is 0.259 e. The number of carbonyl (C=O) groups excluding carboxylic acids is 2. The highest BCUT2D eigenvalue weighted by Crippen LogP contribution is 2.29. The Hall–Kier alpha value is -2.82. The van der Waals surface area contributed by atoms with E-state index in [9.17, 15) is 9.59 Å².